The second-order valence-electron chi connectivity index (χ2n) is 7.66. The number of likely N-dealkylation sites (tertiary alicyclic amines) is 1. The average molecular weight is 427 g/mol. The smallest absolute Gasteiger partial charge is 0.471 e. The van der Waals surface area contributed by atoms with Gasteiger partial charge in [-0.3, -0.25) is 19.7 Å². The topological polar surface area (TPSA) is 93.0 Å². The number of alkyl halides is 3. The minimum atomic E-state index is -5.16. The zero-order valence-electron chi connectivity index (χ0n) is 16.8. The summed E-state index contributed by atoms with van der Waals surface area (Å²) in [7, 11) is 0.953. The van der Waals surface area contributed by atoms with Crippen LogP contribution in [0.2, 0.25) is 0 Å². The fourth-order valence-electron chi connectivity index (χ4n) is 3.98. The van der Waals surface area contributed by atoms with Crippen molar-refractivity contribution in [3.63, 3.8) is 0 Å². The Balaban J connectivity index is 2.38. The molecule has 0 spiro atoms. The summed E-state index contributed by atoms with van der Waals surface area (Å²) in [5, 5.41) is 11.4. The first-order valence-electron chi connectivity index (χ1n) is 9.14. The van der Waals surface area contributed by atoms with E-state index in [0.717, 1.165) is 7.05 Å². The summed E-state index contributed by atoms with van der Waals surface area (Å²) >= 11 is 0. The van der Waals surface area contributed by atoms with E-state index in [1.807, 2.05) is 0 Å². The van der Waals surface area contributed by atoms with Gasteiger partial charge in [0.2, 0.25) is 5.91 Å². The SMILES string of the molecule is Cc1c([N+](=O)[O-])ccc2c1C(N1CCCC1=O)=C(N(C)C(=O)C(F)(F)F)C(C)(C)O2. The van der Waals surface area contributed by atoms with Gasteiger partial charge in [0.1, 0.15) is 11.4 Å². The first-order chi connectivity index (χ1) is 13.8. The van der Waals surface area contributed by atoms with Gasteiger partial charge >= 0.3 is 12.1 Å². The van der Waals surface area contributed by atoms with Crippen LogP contribution in [0.25, 0.3) is 5.70 Å². The second-order valence-corrected chi connectivity index (χ2v) is 7.66. The van der Waals surface area contributed by atoms with E-state index >= 15 is 0 Å². The molecule has 0 bridgehead atoms. The van der Waals surface area contributed by atoms with Crippen molar-refractivity contribution in [2.75, 3.05) is 13.6 Å². The summed E-state index contributed by atoms with van der Waals surface area (Å²) in [6.07, 6.45) is -4.51. The van der Waals surface area contributed by atoms with E-state index in [4.69, 9.17) is 4.74 Å². The Morgan fingerprint density at radius 1 is 1.33 bits per heavy atom. The van der Waals surface area contributed by atoms with Crippen LogP contribution in [-0.4, -0.2) is 51.9 Å². The number of halogens is 3. The molecule has 0 N–H and O–H groups in total. The predicted octanol–water partition coefficient (Wildman–Crippen LogP) is 3.39. The lowest BCUT2D eigenvalue weighted by atomic mass is 9.90. The summed E-state index contributed by atoms with van der Waals surface area (Å²) in [6, 6.07) is 2.59. The van der Waals surface area contributed by atoms with Crippen LogP contribution in [0.15, 0.2) is 17.8 Å². The van der Waals surface area contributed by atoms with Crippen LogP contribution in [0.1, 0.15) is 37.8 Å². The Hall–Kier alpha value is -3.11. The van der Waals surface area contributed by atoms with Crippen molar-refractivity contribution >= 4 is 23.2 Å². The number of nitro benzene ring substituents is 1. The van der Waals surface area contributed by atoms with E-state index in [1.54, 1.807) is 0 Å². The molecule has 2 aliphatic heterocycles. The first kappa shape index (κ1) is 21.6. The van der Waals surface area contributed by atoms with E-state index in [9.17, 15) is 32.9 Å². The quantitative estimate of drug-likeness (QED) is 0.545. The Labute approximate surface area is 170 Å². The lowest BCUT2D eigenvalue weighted by molar-refractivity contribution is -0.385. The molecule has 0 aliphatic carbocycles. The van der Waals surface area contributed by atoms with Crippen LogP contribution in [0.5, 0.6) is 5.75 Å². The molecule has 11 heteroatoms. The fourth-order valence-corrected chi connectivity index (χ4v) is 3.98. The molecule has 0 unspecified atom stereocenters. The maximum absolute atomic E-state index is 13.2. The molecule has 2 heterocycles. The van der Waals surface area contributed by atoms with Crippen molar-refractivity contribution in [3.8, 4) is 5.75 Å². The normalized spacial score (nSPS) is 18.2. The molecule has 1 aromatic carbocycles. The van der Waals surface area contributed by atoms with Crippen molar-refractivity contribution in [2.45, 2.75) is 45.4 Å². The summed E-state index contributed by atoms with van der Waals surface area (Å²) < 4.78 is 45.5. The fraction of sp³-hybridized carbons (Fsp3) is 0.474. The molecule has 1 fully saturated rings. The number of hydrogen-bond donors (Lipinski definition) is 0. The molecular weight excluding hydrogens is 407 g/mol. The maximum Gasteiger partial charge on any atom is 0.471 e. The number of rotatable bonds is 3. The van der Waals surface area contributed by atoms with Gasteiger partial charge in [-0.15, -0.1) is 0 Å². The molecule has 162 valence electrons. The third-order valence-electron chi connectivity index (χ3n) is 5.22. The highest BCUT2D eigenvalue weighted by Gasteiger charge is 2.49. The van der Waals surface area contributed by atoms with Gasteiger partial charge in [-0.1, -0.05) is 0 Å². The van der Waals surface area contributed by atoms with Crippen molar-refractivity contribution in [2.24, 2.45) is 0 Å². The number of fused-ring (bicyclic) bond motifs is 1. The number of hydrogen-bond acceptors (Lipinski definition) is 5. The van der Waals surface area contributed by atoms with Gasteiger partial charge < -0.3 is 14.5 Å². The van der Waals surface area contributed by atoms with Gasteiger partial charge in [0.15, 0.2) is 0 Å². The number of benzene rings is 1. The van der Waals surface area contributed by atoms with Crippen molar-refractivity contribution in [1.82, 2.24) is 9.80 Å². The van der Waals surface area contributed by atoms with Crippen LogP contribution in [0, 0.1) is 17.0 Å². The first-order valence-corrected chi connectivity index (χ1v) is 9.14. The third kappa shape index (κ3) is 3.37. The molecule has 0 radical (unpaired) electrons. The third-order valence-corrected chi connectivity index (χ3v) is 5.22. The highest BCUT2D eigenvalue weighted by atomic mass is 19.4. The van der Waals surface area contributed by atoms with Crippen molar-refractivity contribution < 1.29 is 32.4 Å². The minimum Gasteiger partial charge on any atom is -0.481 e. The molecule has 0 aromatic heterocycles. The monoisotopic (exact) mass is 427 g/mol. The minimum absolute atomic E-state index is 0.0325. The van der Waals surface area contributed by atoms with Crippen LogP contribution in [0.4, 0.5) is 18.9 Å². The largest absolute Gasteiger partial charge is 0.481 e. The number of nitro groups is 1. The highest BCUT2D eigenvalue weighted by molar-refractivity contribution is 5.95. The number of likely N-dealkylation sites (N-methyl/N-ethyl adjacent to an activating group) is 1. The van der Waals surface area contributed by atoms with Crippen LogP contribution in [-0.2, 0) is 9.59 Å². The van der Waals surface area contributed by atoms with Crippen molar-refractivity contribution in [1.29, 1.82) is 0 Å². The number of amides is 2. The Morgan fingerprint density at radius 2 is 1.97 bits per heavy atom. The van der Waals surface area contributed by atoms with Crippen LogP contribution >= 0.6 is 0 Å². The van der Waals surface area contributed by atoms with Gasteiger partial charge in [-0.2, -0.15) is 13.2 Å². The number of carbonyl (C=O) groups excluding carboxylic acids is 2. The van der Waals surface area contributed by atoms with E-state index < -0.39 is 22.6 Å². The average Bonchev–Trinajstić information content (AvgIpc) is 3.03. The Kier molecular flexibility index (Phi) is 5.03. The molecule has 0 atom stereocenters. The Bertz CT molecular complexity index is 984. The lowest BCUT2D eigenvalue weighted by Gasteiger charge is -2.42. The predicted molar refractivity (Wildman–Crippen MR) is 99.2 cm³/mol. The molecule has 8 nitrogen and oxygen atoms in total. The maximum atomic E-state index is 13.2. The highest BCUT2D eigenvalue weighted by Crippen LogP contribution is 2.48. The zero-order chi connectivity index (χ0) is 22.6. The molecule has 2 aliphatic rings. The van der Waals surface area contributed by atoms with Crippen LogP contribution < -0.4 is 4.74 Å². The molecule has 30 heavy (non-hydrogen) atoms. The molecule has 0 saturated carbocycles. The second kappa shape index (κ2) is 6.99. The summed E-state index contributed by atoms with van der Waals surface area (Å²) in [4.78, 5) is 37.1. The van der Waals surface area contributed by atoms with E-state index in [2.05, 4.69) is 0 Å². The molecule has 1 aromatic rings. The summed E-state index contributed by atoms with van der Waals surface area (Å²) in [6.45, 7) is 4.59. The number of carbonyl (C=O) groups is 2. The summed E-state index contributed by atoms with van der Waals surface area (Å²) in [5.41, 5.74) is -1.58. The lowest BCUT2D eigenvalue weighted by Crippen LogP contribution is -2.49. The van der Waals surface area contributed by atoms with E-state index in [1.165, 1.54) is 37.8 Å². The zero-order valence-corrected chi connectivity index (χ0v) is 16.8. The standard InChI is InChI=1S/C19H20F3N3O5/c1-10-11(25(28)29)7-8-12-14(10)15(24-9-5-6-13(24)26)16(18(2,3)30-12)23(4)17(27)19(20,21)22/h7-8H,5-6,9H2,1-4H3. The van der Waals surface area contributed by atoms with Crippen LogP contribution in [0.3, 0.4) is 0 Å². The van der Waals surface area contributed by atoms with E-state index in [0.29, 0.717) is 11.3 Å². The van der Waals surface area contributed by atoms with Gasteiger partial charge in [0.25, 0.3) is 5.69 Å². The van der Waals surface area contributed by atoms with Gasteiger partial charge in [-0.05, 0) is 33.3 Å². The van der Waals surface area contributed by atoms with Gasteiger partial charge in [0.05, 0.1) is 21.9 Å². The molecule has 2 amide bonds. The Morgan fingerprint density at radius 3 is 2.47 bits per heavy atom. The summed E-state index contributed by atoms with van der Waals surface area (Å²) in [5.74, 6) is -2.29. The molecule has 3 rings (SSSR count). The molecule has 1 saturated heterocycles. The van der Waals surface area contributed by atoms with Crippen molar-refractivity contribution in [3.05, 3.63) is 39.1 Å². The van der Waals surface area contributed by atoms with Gasteiger partial charge in [-0.25, -0.2) is 0 Å². The van der Waals surface area contributed by atoms with E-state index in [-0.39, 0.29) is 52.8 Å². The number of ether oxygens (including phenoxy) is 1. The number of nitrogens with zero attached hydrogens (tertiary/aromatic N) is 3. The van der Waals surface area contributed by atoms with Gasteiger partial charge in [0, 0.05) is 31.6 Å². The molecular formula is C19H20F3N3O5.